The van der Waals surface area contributed by atoms with E-state index < -0.39 is 0 Å². The van der Waals surface area contributed by atoms with Gasteiger partial charge in [-0.3, -0.25) is 10.1 Å². The molecule has 126 valence electrons. The number of aromatic nitrogens is 2. The van der Waals surface area contributed by atoms with Gasteiger partial charge in [0.15, 0.2) is 0 Å². The van der Waals surface area contributed by atoms with Gasteiger partial charge in [-0.05, 0) is 48.0 Å². The molecule has 0 fully saturated rings. The molecule has 2 aromatic carbocycles. The highest BCUT2D eigenvalue weighted by Gasteiger charge is 2.09. The van der Waals surface area contributed by atoms with Crippen LogP contribution >= 0.6 is 27.3 Å². The first-order chi connectivity index (χ1) is 12.1. The maximum atomic E-state index is 12.2. The van der Waals surface area contributed by atoms with E-state index in [0.717, 1.165) is 15.8 Å². The summed E-state index contributed by atoms with van der Waals surface area (Å²) in [6.45, 7) is 0. The molecule has 0 aliphatic heterocycles. The van der Waals surface area contributed by atoms with Crippen LogP contribution in [0.25, 0.3) is 12.2 Å². The van der Waals surface area contributed by atoms with E-state index in [1.807, 2.05) is 48.6 Å². The van der Waals surface area contributed by atoms with E-state index in [2.05, 4.69) is 31.4 Å². The molecule has 0 saturated carbocycles. The molecule has 0 unspecified atom stereocenters. The second-order valence-electron chi connectivity index (χ2n) is 5.01. The van der Waals surface area contributed by atoms with Crippen molar-refractivity contribution in [2.75, 3.05) is 12.4 Å². The van der Waals surface area contributed by atoms with Crippen molar-refractivity contribution < 1.29 is 9.53 Å². The molecule has 3 aromatic rings. The monoisotopic (exact) mass is 415 g/mol. The van der Waals surface area contributed by atoms with Crippen LogP contribution in [0.1, 0.15) is 20.9 Å². The minimum absolute atomic E-state index is 0.214. The number of benzene rings is 2. The SMILES string of the molecule is COc1ccc(C=Cc2nnc(NC(=O)c3ccc(Br)cc3)s2)cc1. The van der Waals surface area contributed by atoms with E-state index in [1.54, 1.807) is 19.2 Å². The Morgan fingerprint density at radius 1 is 1.08 bits per heavy atom. The summed E-state index contributed by atoms with van der Waals surface area (Å²) in [5.74, 6) is 0.598. The van der Waals surface area contributed by atoms with Crippen LogP contribution in [0.15, 0.2) is 53.0 Å². The Morgan fingerprint density at radius 3 is 2.48 bits per heavy atom. The van der Waals surface area contributed by atoms with Crippen molar-refractivity contribution in [2.45, 2.75) is 0 Å². The first-order valence-corrected chi connectivity index (χ1v) is 8.97. The Morgan fingerprint density at radius 2 is 1.80 bits per heavy atom. The lowest BCUT2D eigenvalue weighted by Crippen LogP contribution is -2.11. The fraction of sp³-hybridized carbons (Fsp3) is 0.0556. The molecule has 5 nitrogen and oxygen atoms in total. The molecule has 1 heterocycles. The number of nitrogens with zero attached hydrogens (tertiary/aromatic N) is 2. The third-order valence-electron chi connectivity index (χ3n) is 3.30. The molecule has 25 heavy (non-hydrogen) atoms. The summed E-state index contributed by atoms with van der Waals surface area (Å²) in [7, 11) is 1.64. The maximum absolute atomic E-state index is 12.2. The van der Waals surface area contributed by atoms with Crippen LogP contribution < -0.4 is 10.1 Å². The van der Waals surface area contributed by atoms with Crippen molar-refractivity contribution >= 4 is 50.5 Å². The molecular weight excluding hydrogens is 402 g/mol. The Kier molecular flexibility index (Phi) is 5.57. The lowest BCUT2D eigenvalue weighted by atomic mass is 10.2. The zero-order valence-corrected chi connectivity index (χ0v) is 15.7. The number of methoxy groups -OCH3 is 1. The molecule has 3 rings (SSSR count). The smallest absolute Gasteiger partial charge is 0.257 e. The summed E-state index contributed by atoms with van der Waals surface area (Å²) >= 11 is 4.65. The van der Waals surface area contributed by atoms with Gasteiger partial charge in [0.05, 0.1) is 7.11 Å². The summed E-state index contributed by atoms with van der Waals surface area (Å²) in [6.07, 6.45) is 3.79. The summed E-state index contributed by atoms with van der Waals surface area (Å²) in [4.78, 5) is 12.2. The number of hydrogen-bond donors (Lipinski definition) is 1. The molecule has 0 saturated heterocycles. The Bertz CT molecular complexity index is 889. The van der Waals surface area contributed by atoms with Crippen LogP contribution in [0, 0.1) is 0 Å². The number of carbonyl (C=O) groups is 1. The van der Waals surface area contributed by atoms with Crippen molar-refractivity contribution in [2.24, 2.45) is 0 Å². The summed E-state index contributed by atoms with van der Waals surface area (Å²) in [6, 6.07) is 14.8. The average molecular weight is 416 g/mol. The average Bonchev–Trinajstić information content (AvgIpc) is 3.08. The molecule has 7 heteroatoms. The molecule has 1 aromatic heterocycles. The fourth-order valence-corrected chi connectivity index (χ4v) is 2.91. The van der Waals surface area contributed by atoms with Crippen LogP contribution in [0.3, 0.4) is 0 Å². The minimum atomic E-state index is -0.214. The van der Waals surface area contributed by atoms with Gasteiger partial charge in [0, 0.05) is 10.0 Å². The highest BCUT2D eigenvalue weighted by molar-refractivity contribution is 9.10. The molecule has 0 aliphatic carbocycles. The van der Waals surface area contributed by atoms with Gasteiger partial charge in [0.25, 0.3) is 5.91 Å². The molecular formula is C18H14BrN3O2S. The number of nitrogens with one attached hydrogen (secondary N) is 1. The quantitative estimate of drug-likeness (QED) is 0.653. The standard InChI is InChI=1S/C18H14BrN3O2S/c1-24-15-9-2-12(3-10-15)4-11-16-21-22-18(25-16)20-17(23)13-5-7-14(19)8-6-13/h2-11H,1H3,(H,20,22,23). The number of carbonyl (C=O) groups excluding carboxylic acids is 1. The lowest BCUT2D eigenvalue weighted by molar-refractivity contribution is 0.102. The molecule has 0 aliphatic rings. The number of rotatable bonds is 5. The van der Waals surface area contributed by atoms with E-state index >= 15 is 0 Å². The van der Waals surface area contributed by atoms with E-state index in [9.17, 15) is 4.79 Å². The van der Waals surface area contributed by atoms with Gasteiger partial charge in [-0.15, -0.1) is 10.2 Å². The van der Waals surface area contributed by atoms with Crippen molar-refractivity contribution in [3.63, 3.8) is 0 Å². The largest absolute Gasteiger partial charge is 0.497 e. The zero-order chi connectivity index (χ0) is 17.6. The fourth-order valence-electron chi connectivity index (χ4n) is 2.01. The molecule has 0 bridgehead atoms. The van der Waals surface area contributed by atoms with Crippen LogP contribution in [0.4, 0.5) is 5.13 Å². The third kappa shape index (κ3) is 4.74. The highest BCUT2D eigenvalue weighted by Crippen LogP contribution is 2.20. The Balaban J connectivity index is 1.64. The van der Waals surface area contributed by atoms with Gasteiger partial charge in [0.2, 0.25) is 5.13 Å². The van der Waals surface area contributed by atoms with Crippen molar-refractivity contribution in [3.05, 3.63) is 69.1 Å². The Labute approximate surface area is 157 Å². The summed E-state index contributed by atoms with van der Waals surface area (Å²) in [5.41, 5.74) is 1.59. The second kappa shape index (κ2) is 8.04. The van der Waals surface area contributed by atoms with Crippen molar-refractivity contribution in [1.82, 2.24) is 10.2 Å². The number of anilines is 1. The van der Waals surface area contributed by atoms with Gasteiger partial charge < -0.3 is 4.74 Å². The normalized spacial score (nSPS) is 10.8. The summed E-state index contributed by atoms with van der Waals surface area (Å²) < 4.78 is 6.05. The minimum Gasteiger partial charge on any atom is -0.497 e. The zero-order valence-electron chi connectivity index (χ0n) is 13.3. The number of hydrogen-bond acceptors (Lipinski definition) is 5. The number of amides is 1. The van der Waals surface area contributed by atoms with Crippen molar-refractivity contribution in [1.29, 1.82) is 0 Å². The van der Waals surface area contributed by atoms with Crippen LogP contribution in [0.5, 0.6) is 5.75 Å². The van der Waals surface area contributed by atoms with Gasteiger partial charge in [0.1, 0.15) is 10.8 Å². The predicted molar refractivity (Wildman–Crippen MR) is 104 cm³/mol. The van der Waals surface area contributed by atoms with E-state index in [0.29, 0.717) is 15.7 Å². The molecule has 1 amide bonds. The van der Waals surface area contributed by atoms with Crippen molar-refractivity contribution in [3.8, 4) is 5.75 Å². The molecule has 0 atom stereocenters. The van der Waals surface area contributed by atoms with Gasteiger partial charge in [-0.2, -0.15) is 0 Å². The van der Waals surface area contributed by atoms with Crippen LogP contribution in [-0.2, 0) is 0 Å². The molecule has 0 radical (unpaired) electrons. The molecule has 0 spiro atoms. The topological polar surface area (TPSA) is 64.1 Å². The number of ether oxygens (including phenoxy) is 1. The van der Waals surface area contributed by atoms with Gasteiger partial charge >= 0.3 is 0 Å². The van der Waals surface area contributed by atoms with E-state index in [1.165, 1.54) is 11.3 Å². The predicted octanol–water partition coefficient (Wildman–Crippen LogP) is 4.73. The first kappa shape index (κ1) is 17.3. The summed E-state index contributed by atoms with van der Waals surface area (Å²) in [5, 5.41) is 12.0. The van der Waals surface area contributed by atoms with Gasteiger partial charge in [-0.25, -0.2) is 0 Å². The Hall–Kier alpha value is -2.51. The second-order valence-corrected chi connectivity index (χ2v) is 6.94. The van der Waals surface area contributed by atoms with E-state index in [4.69, 9.17) is 4.74 Å². The third-order valence-corrected chi connectivity index (χ3v) is 4.63. The molecule has 1 N–H and O–H groups in total. The highest BCUT2D eigenvalue weighted by atomic mass is 79.9. The first-order valence-electron chi connectivity index (χ1n) is 7.36. The van der Waals surface area contributed by atoms with E-state index in [-0.39, 0.29) is 5.91 Å². The lowest BCUT2D eigenvalue weighted by Gasteiger charge is -2.00. The maximum Gasteiger partial charge on any atom is 0.257 e. The van der Waals surface area contributed by atoms with Gasteiger partial charge in [-0.1, -0.05) is 45.5 Å². The van der Waals surface area contributed by atoms with Crippen LogP contribution in [0.2, 0.25) is 0 Å². The van der Waals surface area contributed by atoms with Crippen LogP contribution in [-0.4, -0.2) is 23.2 Å². The number of halogens is 1.